The second-order valence-electron chi connectivity index (χ2n) is 7.53. The Morgan fingerprint density at radius 1 is 1.10 bits per heavy atom. The summed E-state index contributed by atoms with van der Waals surface area (Å²) >= 11 is 6.25. The van der Waals surface area contributed by atoms with E-state index in [1.54, 1.807) is 18.2 Å². The van der Waals surface area contributed by atoms with E-state index in [0.29, 0.717) is 31.6 Å². The lowest BCUT2D eigenvalue weighted by Crippen LogP contribution is -2.35. The van der Waals surface area contributed by atoms with Gasteiger partial charge in [0, 0.05) is 30.9 Å². The number of para-hydroxylation sites is 1. The molecule has 2 heterocycles. The van der Waals surface area contributed by atoms with Crippen LogP contribution in [-0.4, -0.2) is 36.4 Å². The smallest absolute Gasteiger partial charge is 0.275 e. The lowest BCUT2D eigenvalue weighted by atomic mass is 9.93. The maximum absolute atomic E-state index is 12.7. The predicted molar refractivity (Wildman–Crippen MR) is 122 cm³/mol. The standard InChI is InChI=1S/C23H22ClN3O3S/c1-31(29,30)27-13-12-20-16(6-5-7-17(20)15-27)14-19-10-11-21(24)22(25-19)23(28)26-18-8-3-2-4-9-18/h2-11H,12-15H2,1H3,(H,26,28). The van der Waals surface area contributed by atoms with E-state index in [1.807, 2.05) is 42.5 Å². The first kappa shape index (κ1) is 21.5. The van der Waals surface area contributed by atoms with E-state index in [1.165, 1.54) is 10.6 Å². The van der Waals surface area contributed by atoms with Gasteiger partial charge in [-0.05, 0) is 47.4 Å². The molecule has 6 nitrogen and oxygen atoms in total. The van der Waals surface area contributed by atoms with Crippen LogP contribution in [0.3, 0.4) is 0 Å². The topological polar surface area (TPSA) is 79.4 Å². The predicted octanol–water partition coefficient (Wildman–Crippen LogP) is 3.90. The molecule has 3 aromatic rings. The summed E-state index contributed by atoms with van der Waals surface area (Å²) in [5.74, 6) is -0.364. The molecule has 1 aromatic heterocycles. The molecule has 0 fully saturated rings. The molecule has 160 valence electrons. The van der Waals surface area contributed by atoms with Crippen molar-refractivity contribution in [2.75, 3.05) is 18.1 Å². The summed E-state index contributed by atoms with van der Waals surface area (Å²) in [5, 5.41) is 3.10. The van der Waals surface area contributed by atoms with Crippen LogP contribution in [0.1, 0.15) is 32.9 Å². The number of nitrogens with zero attached hydrogens (tertiary/aromatic N) is 2. The number of aromatic nitrogens is 1. The highest BCUT2D eigenvalue weighted by Gasteiger charge is 2.24. The summed E-state index contributed by atoms with van der Waals surface area (Å²) in [7, 11) is -3.22. The van der Waals surface area contributed by atoms with E-state index in [0.717, 1.165) is 22.4 Å². The molecule has 0 spiro atoms. The fraction of sp³-hybridized carbons (Fsp3) is 0.217. The number of carbonyl (C=O) groups is 1. The van der Waals surface area contributed by atoms with Crippen LogP contribution in [0.4, 0.5) is 5.69 Å². The minimum Gasteiger partial charge on any atom is -0.321 e. The Morgan fingerprint density at radius 2 is 1.87 bits per heavy atom. The molecule has 0 atom stereocenters. The first-order valence-electron chi connectivity index (χ1n) is 9.88. The molecule has 1 amide bonds. The highest BCUT2D eigenvalue weighted by Crippen LogP contribution is 2.26. The molecule has 1 aliphatic heterocycles. The minimum absolute atomic E-state index is 0.177. The monoisotopic (exact) mass is 455 g/mol. The zero-order valence-corrected chi connectivity index (χ0v) is 18.6. The lowest BCUT2D eigenvalue weighted by Gasteiger charge is -2.28. The quantitative estimate of drug-likeness (QED) is 0.632. The van der Waals surface area contributed by atoms with Crippen molar-refractivity contribution in [3.63, 3.8) is 0 Å². The first-order valence-corrected chi connectivity index (χ1v) is 12.1. The molecule has 0 bridgehead atoms. The van der Waals surface area contributed by atoms with Crippen molar-refractivity contribution in [2.24, 2.45) is 0 Å². The normalized spacial score (nSPS) is 14.1. The Labute approximate surface area is 186 Å². The lowest BCUT2D eigenvalue weighted by molar-refractivity contribution is 0.102. The van der Waals surface area contributed by atoms with Crippen molar-refractivity contribution in [2.45, 2.75) is 19.4 Å². The van der Waals surface area contributed by atoms with Crippen molar-refractivity contribution < 1.29 is 13.2 Å². The van der Waals surface area contributed by atoms with E-state index < -0.39 is 10.0 Å². The van der Waals surface area contributed by atoms with Gasteiger partial charge in [-0.25, -0.2) is 13.4 Å². The van der Waals surface area contributed by atoms with E-state index >= 15 is 0 Å². The van der Waals surface area contributed by atoms with Gasteiger partial charge < -0.3 is 5.32 Å². The molecular weight excluding hydrogens is 434 g/mol. The summed E-state index contributed by atoms with van der Waals surface area (Å²) in [6, 6.07) is 18.6. The largest absolute Gasteiger partial charge is 0.321 e. The molecule has 1 aliphatic rings. The number of hydrogen-bond donors (Lipinski definition) is 1. The summed E-state index contributed by atoms with van der Waals surface area (Å²) in [6.07, 6.45) is 2.42. The number of anilines is 1. The molecular formula is C23H22ClN3O3S. The van der Waals surface area contributed by atoms with Gasteiger partial charge in [-0.3, -0.25) is 4.79 Å². The number of nitrogens with one attached hydrogen (secondary N) is 1. The molecule has 2 aromatic carbocycles. The molecule has 31 heavy (non-hydrogen) atoms. The average molecular weight is 456 g/mol. The third-order valence-corrected chi connectivity index (χ3v) is 6.87. The van der Waals surface area contributed by atoms with Gasteiger partial charge in [0.2, 0.25) is 10.0 Å². The number of benzene rings is 2. The minimum atomic E-state index is -3.22. The highest BCUT2D eigenvalue weighted by molar-refractivity contribution is 7.88. The van der Waals surface area contributed by atoms with Crippen molar-refractivity contribution in [3.05, 3.63) is 93.8 Å². The second kappa shape index (κ2) is 8.78. The number of rotatable bonds is 5. The Bertz CT molecular complexity index is 1230. The summed E-state index contributed by atoms with van der Waals surface area (Å²) < 4.78 is 25.3. The molecule has 0 aliphatic carbocycles. The molecule has 1 N–H and O–H groups in total. The van der Waals surface area contributed by atoms with Gasteiger partial charge in [0.05, 0.1) is 11.3 Å². The fourth-order valence-electron chi connectivity index (χ4n) is 3.76. The van der Waals surface area contributed by atoms with Gasteiger partial charge in [-0.15, -0.1) is 0 Å². The Balaban J connectivity index is 1.57. The molecule has 0 unspecified atom stereocenters. The number of hydrogen-bond acceptors (Lipinski definition) is 4. The van der Waals surface area contributed by atoms with Gasteiger partial charge in [0.1, 0.15) is 5.69 Å². The van der Waals surface area contributed by atoms with Gasteiger partial charge in [0.25, 0.3) is 5.91 Å². The van der Waals surface area contributed by atoms with Crippen LogP contribution >= 0.6 is 11.6 Å². The van der Waals surface area contributed by atoms with Crippen molar-refractivity contribution >= 4 is 33.2 Å². The zero-order chi connectivity index (χ0) is 22.0. The van der Waals surface area contributed by atoms with E-state index in [2.05, 4.69) is 10.3 Å². The van der Waals surface area contributed by atoms with Gasteiger partial charge in [-0.1, -0.05) is 48.0 Å². The highest BCUT2D eigenvalue weighted by atomic mass is 35.5. The van der Waals surface area contributed by atoms with Crippen LogP contribution in [-0.2, 0) is 29.4 Å². The van der Waals surface area contributed by atoms with E-state index in [4.69, 9.17) is 11.6 Å². The number of fused-ring (bicyclic) bond motifs is 1. The Hall–Kier alpha value is -2.74. The summed E-state index contributed by atoms with van der Waals surface area (Å²) in [4.78, 5) is 17.2. The Kier molecular flexibility index (Phi) is 6.09. The number of halogens is 1. The zero-order valence-electron chi connectivity index (χ0n) is 17.0. The number of carbonyl (C=O) groups excluding carboxylic acids is 1. The second-order valence-corrected chi connectivity index (χ2v) is 9.92. The van der Waals surface area contributed by atoms with Gasteiger partial charge in [0.15, 0.2) is 0 Å². The fourth-order valence-corrected chi connectivity index (χ4v) is 4.75. The van der Waals surface area contributed by atoms with Gasteiger partial charge in [-0.2, -0.15) is 4.31 Å². The maximum Gasteiger partial charge on any atom is 0.275 e. The van der Waals surface area contributed by atoms with Crippen LogP contribution < -0.4 is 5.32 Å². The van der Waals surface area contributed by atoms with Crippen LogP contribution in [0, 0.1) is 0 Å². The molecule has 0 saturated carbocycles. The molecule has 8 heteroatoms. The summed E-state index contributed by atoms with van der Waals surface area (Å²) in [6.45, 7) is 0.836. The maximum atomic E-state index is 12.7. The third-order valence-electron chi connectivity index (χ3n) is 5.32. The molecule has 0 radical (unpaired) electrons. The first-order chi connectivity index (χ1) is 14.8. The van der Waals surface area contributed by atoms with Crippen LogP contribution in [0.5, 0.6) is 0 Å². The van der Waals surface area contributed by atoms with Gasteiger partial charge >= 0.3 is 0 Å². The van der Waals surface area contributed by atoms with Crippen LogP contribution in [0.15, 0.2) is 60.7 Å². The summed E-state index contributed by atoms with van der Waals surface area (Å²) in [5.41, 5.74) is 4.80. The average Bonchev–Trinajstić information content (AvgIpc) is 2.75. The van der Waals surface area contributed by atoms with Crippen LogP contribution in [0.2, 0.25) is 5.02 Å². The number of pyridine rings is 1. The van der Waals surface area contributed by atoms with E-state index in [-0.39, 0.29) is 16.6 Å². The number of amides is 1. The SMILES string of the molecule is CS(=O)(=O)N1CCc2c(Cc3ccc(Cl)c(C(=O)Nc4ccccc4)n3)cccc2C1. The Morgan fingerprint density at radius 3 is 2.61 bits per heavy atom. The van der Waals surface area contributed by atoms with Crippen LogP contribution in [0.25, 0.3) is 0 Å². The molecule has 0 saturated heterocycles. The third kappa shape index (κ3) is 4.95. The van der Waals surface area contributed by atoms with Crippen molar-refractivity contribution in [1.29, 1.82) is 0 Å². The molecule has 4 rings (SSSR count). The van der Waals surface area contributed by atoms with E-state index in [9.17, 15) is 13.2 Å². The van der Waals surface area contributed by atoms with Crippen molar-refractivity contribution in [3.8, 4) is 0 Å². The number of sulfonamides is 1. The van der Waals surface area contributed by atoms with Crippen molar-refractivity contribution in [1.82, 2.24) is 9.29 Å².